The molecule has 0 radical (unpaired) electrons. The van der Waals surface area contributed by atoms with E-state index in [1.54, 1.807) is 12.1 Å². The lowest BCUT2D eigenvalue weighted by molar-refractivity contribution is 0.475. The van der Waals surface area contributed by atoms with Crippen LogP contribution in [-0.2, 0) is 6.42 Å². The molecule has 1 atom stereocenters. The number of phenolic OH excluding ortho intramolecular Hbond substituents is 1. The van der Waals surface area contributed by atoms with E-state index in [1.807, 2.05) is 30.9 Å². The van der Waals surface area contributed by atoms with Crippen LogP contribution in [0.2, 0.25) is 0 Å². The van der Waals surface area contributed by atoms with Crippen molar-refractivity contribution in [2.24, 2.45) is 0 Å². The number of thioether (sulfide) groups is 1. The zero-order valence-corrected chi connectivity index (χ0v) is 12.8. The second-order valence-corrected chi connectivity index (χ2v) is 6.07. The van der Waals surface area contributed by atoms with Crippen LogP contribution in [0.1, 0.15) is 11.1 Å². The molecule has 2 aromatic rings. The Balaban J connectivity index is 1.88. The van der Waals surface area contributed by atoms with Crippen LogP contribution in [0.3, 0.4) is 0 Å². The lowest BCUT2D eigenvalue weighted by Gasteiger charge is -2.16. The summed E-state index contributed by atoms with van der Waals surface area (Å²) in [7, 11) is 2.00. The third-order valence-electron chi connectivity index (χ3n) is 3.30. The van der Waals surface area contributed by atoms with E-state index in [-0.39, 0.29) is 0 Å². The highest BCUT2D eigenvalue weighted by Crippen LogP contribution is 2.20. The molecule has 0 aromatic heterocycles. The fourth-order valence-corrected chi connectivity index (χ4v) is 3.00. The van der Waals surface area contributed by atoms with Gasteiger partial charge >= 0.3 is 0 Å². The van der Waals surface area contributed by atoms with Crippen LogP contribution >= 0.6 is 11.8 Å². The lowest BCUT2D eigenvalue weighted by Crippen LogP contribution is -2.30. The van der Waals surface area contributed by atoms with Crippen molar-refractivity contribution in [1.82, 2.24) is 5.32 Å². The molecule has 0 fully saturated rings. The average Bonchev–Trinajstić information content (AvgIpc) is 2.47. The molecule has 2 N–H and O–H groups in total. The Bertz CT molecular complexity index is 522. The number of aromatic hydroxyl groups is 1. The Labute approximate surface area is 125 Å². The van der Waals surface area contributed by atoms with Gasteiger partial charge in [-0.25, -0.2) is 0 Å². The first kappa shape index (κ1) is 14.9. The van der Waals surface area contributed by atoms with Crippen molar-refractivity contribution in [3.8, 4) is 5.75 Å². The van der Waals surface area contributed by atoms with Gasteiger partial charge in [-0.3, -0.25) is 0 Å². The molecule has 0 saturated heterocycles. The summed E-state index contributed by atoms with van der Waals surface area (Å²) in [4.78, 5) is 1.31. The van der Waals surface area contributed by atoms with E-state index < -0.39 is 0 Å². The summed E-state index contributed by atoms with van der Waals surface area (Å²) in [6.07, 6.45) is 0.968. The van der Waals surface area contributed by atoms with Gasteiger partial charge in [0.1, 0.15) is 5.75 Å². The molecule has 2 nitrogen and oxygen atoms in total. The Hall–Kier alpha value is -1.45. The van der Waals surface area contributed by atoms with Gasteiger partial charge in [0.05, 0.1) is 0 Å². The van der Waals surface area contributed by atoms with E-state index in [0.29, 0.717) is 11.8 Å². The fourth-order valence-electron chi connectivity index (χ4n) is 1.99. The SMILES string of the molecule is CNC(CSc1ccc(C)cc1)Cc1ccc(O)cc1. The first-order valence-electron chi connectivity index (χ1n) is 6.82. The Kier molecular flexibility index (Phi) is 5.50. The van der Waals surface area contributed by atoms with Crippen LogP contribution in [0.25, 0.3) is 0 Å². The monoisotopic (exact) mass is 287 g/mol. The van der Waals surface area contributed by atoms with Gasteiger partial charge in [-0.1, -0.05) is 29.8 Å². The third kappa shape index (κ3) is 4.58. The van der Waals surface area contributed by atoms with E-state index in [2.05, 4.69) is 36.5 Å². The first-order valence-corrected chi connectivity index (χ1v) is 7.80. The molecule has 0 heterocycles. The van der Waals surface area contributed by atoms with Crippen LogP contribution in [0.15, 0.2) is 53.4 Å². The number of rotatable bonds is 6. The molecule has 3 heteroatoms. The van der Waals surface area contributed by atoms with Gasteiger partial charge in [0.25, 0.3) is 0 Å². The standard InChI is InChI=1S/C17H21NOS/c1-13-3-9-17(10-4-13)20-12-15(18-2)11-14-5-7-16(19)8-6-14/h3-10,15,18-19H,11-12H2,1-2H3. The number of phenols is 1. The maximum Gasteiger partial charge on any atom is 0.115 e. The molecule has 0 aliphatic carbocycles. The average molecular weight is 287 g/mol. The van der Waals surface area contributed by atoms with Crippen LogP contribution < -0.4 is 5.32 Å². The van der Waals surface area contributed by atoms with Gasteiger partial charge in [-0.15, -0.1) is 11.8 Å². The summed E-state index contributed by atoms with van der Waals surface area (Å²) in [5.41, 5.74) is 2.54. The number of nitrogens with one attached hydrogen (secondary N) is 1. The van der Waals surface area contributed by atoms with Crippen molar-refractivity contribution in [3.05, 3.63) is 59.7 Å². The summed E-state index contributed by atoms with van der Waals surface area (Å²) in [5.74, 6) is 1.35. The number of hydrogen-bond donors (Lipinski definition) is 2. The molecule has 106 valence electrons. The van der Waals surface area contributed by atoms with E-state index in [0.717, 1.165) is 12.2 Å². The third-order valence-corrected chi connectivity index (χ3v) is 4.47. The quantitative estimate of drug-likeness (QED) is 0.796. The molecule has 0 spiro atoms. The van der Waals surface area contributed by atoms with Gasteiger partial charge in [0.2, 0.25) is 0 Å². The maximum absolute atomic E-state index is 9.30. The van der Waals surface area contributed by atoms with Gasteiger partial charge < -0.3 is 10.4 Å². The molecule has 0 aliphatic heterocycles. The molecule has 0 saturated carbocycles. The van der Waals surface area contributed by atoms with Crippen molar-refractivity contribution >= 4 is 11.8 Å². The molecule has 0 bridgehead atoms. The number of likely N-dealkylation sites (N-methyl/N-ethyl adjacent to an activating group) is 1. The maximum atomic E-state index is 9.30. The van der Waals surface area contributed by atoms with Crippen molar-refractivity contribution in [2.45, 2.75) is 24.3 Å². The largest absolute Gasteiger partial charge is 0.508 e. The Morgan fingerprint density at radius 3 is 2.30 bits per heavy atom. The van der Waals surface area contributed by atoms with Crippen molar-refractivity contribution < 1.29 is 5.11 Å². The summed E-state index contributed by atoms with van der Waals surface area (Å²) in [6, 6.07) is 16.5. The smallest absolute Gasteiger partial charge is 0.115 e. The Morgan fingerprint density at radius 2 is 1.70 bits per heavy atom. The summed E-state index contributed by atoms with van der Waals surface area (Å²) in [5, 5.41) is 12.7. The fraction of sp³-hybridized carbons (Fsp3) is 0.294. The normalized spacial score (nSPS) is 12.3. The summed E-state index contributed by atoms with van der Waals surface area (Å²) in [6.45, 7) is 2.11. The minimum Gasteiger partial charge on any atom is -0.508 e. The van der Waals surface area contributed by atoms with E-state index in [9.17, 15) is 5.11 Å². The predicted molar refractivity (Wildman–Crippen MR) is 86.6 cm³/mol. The zero-order valence-electron chi connectivity index (χ0n) is 12.0. The van der Waals surface area contributed by atoms with Crippen molar-refractivity contribution in [2.75, 3.05) is 12.8 Å². The number of benzene rings is 2. The van der Waals surface area contributed by atoms with E-state index >= 15 is 0 Å². The van der Waals surface area contributed by atoms with E-state index in [4.69, 9.17) is 0 Å². The molecular formula is C17H21NOS. The van der Waals surface area contributed by atoms with Gasteiger partial charge in [-0.05, 0) is 50.2 Å². The molecule has 20 heavy (non-hydrogen) atoms. The zero-order chi connectivity index (χ0) is 14.4. The van der Waals surface area contributed by atoms with Gasteiger partial charge in [0.15, 0.2) is 0 Å². The first-order chi connectivity index (χ1) is 9.67. The second-order valence-electron chi connectivity index (χ2n) is 4.98. The van der Waals surface area contributed by atoms with E-state index in [1.165, 1.54) is 16.0 Å². The predicted octanol–water partition coefficient (Wildman–Crippen LogP) is 3.62. The van der Waals surface area contributed by atoms with Crippen LogP contribution in [0.5, 0.6) is 5.75 Å². The Morgan fingerprint density at radius 1 is 1.05 bits per heavy atom. The topological polar surface area (TPSA) is 32.3 Å². The summed E-state index contributed by atoms with van der Waals surface area (Å²) < 4.78 is 0. The van der Waals surface area contributed by atoms with Crippen LogP contribution in [0, 0.1) is 6.92 Å². The number of hydrogen-bond acceptors (Lipinski definition) is 3. The highest BCUT2D eigenvalue weighted by molar-refractivity contribution is 7.99. The molecule has 2 rings (SSSR count). The summed E-state index contributed by atoms with van der Waals surface area (Å²) >= 11 is 1.87. The minimum atomic E-state index is 0.323. The van der Waals surface area contributed by atoms with Crippen LogP contribution in [0.4, 0.5) is 0 Å². The number of aryl methyl sites for hydroxylation is 1. The molecule has 0 amide bonds. The van der Waals surface area contributed by atoms with Crippen molar-refractivity contribution in [3.63, 3.8) is 0 Å². The van der Waals surface area contributed by atoms with Crippen molar-refractivity contribution in [1.29, 1.82) is 0 Å². The second kappa shape index (κ2) is 7.36. The van der Waals surface area contributed by atoms with Crippen LogP contribution in [-0.4, -0.2) is 23.9 Å². The molecular weight excluding hydrogens is 266 g/mol. The van der Waals surface area contributed by atoms with Gasteiger partial charge in [0, 0.05) is 16.7 Å². The molecule has 2 aromatic carbocycles. The molecule has 0 aliphatic rings. The van der Waals surface area contributed by atoms with Gasteiger partial charge in [-0.2, -0.15) is 0 Å². The highest BCUT2D eigenvalue weighted by Gasteiger charge is 2.08. The minimum absolute atomic E-state index is 0.323. The lowest BCUT2D eigenvalue weighted by atomic mass is 10.1. The molecule has 1 unspecified atom stereocenters. The highest BCUT2D eigenvalue weighted by atomic mass is 32.2.